The third kappa shape index (κ3) is 2.87. The molecule has 0 bridgehead atoms. The Morgan fingerprint density at radius 2 is 1.67 bits per heavy atom. The van der Waals surface area contributed by atoms with Gasteiger partial charge in [0.25, 0.3) is 5.91 Å². The molecule has 0 aliphatic heterocycles. The molecule has 0 aliphatic carbocycles. The van der Waals surface area contributed by atoms with Crippen LogP contribution in [0.2, 0.25) is 0 Å². The highest BCUT2D eigenvalue weighted by atomic mass is 16.5. The van der Waals surface area contributed by atoms with Gasteiger partial charge in [-0.2, -0.15) is 0 Å². The molecule has 3 heteroatoms. The number of fused-ring (bicyclic) bond motifs is 1. The minimum atomic E-state index is -0.445. The van der Waals surface area contributed by atoms with Gasteiger partial charge in [0, 0.05) is 0 Å². The van der Waals surface area contributed by atoms with Crippen molar-refractivity contribution in [1.82, 2.24) is 0 Å². The van der Waals surface area contributed by atoms with Gasteiger partial charge in [0.05, 0.1) is 5.56 Å². The predicted octanol–water partition coefficient (Wildman–Crippen LogP) is 4.29. The SMILES string of the molecule is CCC(CC)(CC)Oc1ccc2ccccc2c1C(N)=O. The minimum Gasteiger partial charge on any atom is -0.486 e. The number of amides is 1. The summed E-state index contributed by atoms with van der Waals surface area (Å²) in [4.78, 5) is 11.9. The van der Waals surface area contributed by atoms with Crippen molar-refractivity contribution in [3.8, 4) is 5.75 Å². The van der Waals surface area contributed by atoms with Crippen LogP contribution in [0.3, 0.4) is 0 Å². The van der Waals surface area contributed by atoms with Crippen molar-refractivity contribution in [2.45, 2.75) is 45.6 Å². The number of nitrogens with two attached hydrogens (primary N) is 1. The highest BCUT2D eigenvalue weighted by molar-refractivity contribution is 6.08. The molecule has 0 aromatic heterocycles. The molecule has 0 heterocycles. The fourth-order valence-electron chi connectivity index (χ4n) is 2.79. The van der Waals surface area contributed by atoms with Gasteiger partial charge in [-0.15, -0.1) is 0 Å². The second-order valence-electron chi connectivity index (χ2n) is 5.37. The molecule has 2 aromatic carbocycles. The van der Waals surface area contributed by atoms with Crippen LogP contribution in [0.25, 0.3) is 10.8 Å². The molecule has 21 heavy (non-hydrogen) atoms. The average molecular weight is 285 g/mol. The topological polar surface area (TPSA) is 52.3 Å². The molecule has 2 N–H and O–H groups in total. The molecular weight excluding hydrogens is 262 g/mol. The molecule has 1 amide bonds. The molecule has 0 unspecified atom stereocenters. The van der Waals surface area contributed by atoms with E-state index in [0.717, 1.165) is 30.0 Å². The molecule has 0 spiro atoms. The number of hydrogen-bond donors (Lipinski definition) is 1. The van der Waals surface area contributed by atoms with Crippen LogP contribution in [0, 0.1) is 0 Å². The number of rotatable bonds is 6. The van der Waals surface area contributed by atoms with Crippen LogP contribution >= 0.6 is 0 Å². The number of carbonyl (C=O) groups excluding carboxylic acids is 1. The van der Waals surface area contributed by atoms with Gasteiger partial charge < -0.3 is 10.5 Å². The summed E-state index contributed by atoms with van der Waals surface area (Å²) in [7, 11) is 0. The van der Waals surface area contributed by atoms with Crippen molar-refractivity contribution in [2.75, 3.05) is 0 Å². The van der Waals surface area contributed by atoms with E-state index in [4.69, 9.17) is 10.5 Å². The van der Waals surface area contributed by atoms with Crippen molar-refractivity contribution in [1.29, 1.82) is 0 Å². The van der Waals surface area contributed by atoms with Crippen LogP contribution in [-0.4, -0.2) is 11.5 Å². The fraction of sp³-hybridized carbons (Fsp3) is 0.389. The maximum absolute atomic E-state index is 11.9. The van der Waals surface area contributed by atoms with Crippen LogP contribution < -0.4 is 10.5 Å². The van der Waals surface area contributed by atoms with Gasteiger partial charge in [0.1, 0.15) is 11.4 Å². The molecular formula is C18H23NO2. The Labute approximate surface area is 126 Å². The first-order chi connectivity index (χ1) is 10.1. The second kappa shape index (κ2) is 6.17. The lowest BCUT2D eigenvalue weighted by molar-refractivity contribution is 0.0549. The Bertz CT molecular complexity index is 636. The summed E-state index contributed by atoms with van der Waals surface area (Å²) < 4.78 is 6.25. The summed E-state index contributed by atoms with van der Waals surface area (Å²) in [5, 5.41) is 1.84. The monoisotopic (exact) mass is 285 g/mol. The predicted molar refractivity (Wildman–Crippen MR) is 86.7 cm³/mol. The first-order valence-electron chi connectivity index (χ1n) is 7.57. The van der Waals surface area contributed by atoms with Crippen LogP contribution in [-0.2, 0) is 0 Å². The lowest BCUT2D eigenvalue weighted by atomic mass is 9.93. The average Bonchev–Trinajstić information content (AvgIpc) is 2.52. The molecule has 2 rings (SSSR count). The first-order valence-corrected chi connectivity index (χ1v) is 7.57. The Morgan fingerprint density at radius 3 is 2.24 bits per heavy atom. The first kappa shape index (κ1) is 15.4. The third-order valence-electron chi connectivity index (χ3n) is 4.40. The van der Waals surface area contributed by atoms with Gasteiger partial charge in [0.15, 0.2) is 0 Å². The summed E-state index contributed by atoms with van der Waals surface area (Å²) in [6, 6.07) is 11.6. The highest BCUT2D eigenvalue weighted by Gasteiger charge is 2.28. The Hall–Kier alpha value is -2.03. The lowest BCUT2D eigenvalue weighted by Gasteiger charge is -2.32. The molecule has 0 radical (unpaired) electrons. The van der Waals surface area contributed by atoms with Crippen molar-refractivity contribution in [3.05, 3.63) is 42.0 Å². The van der Waals surface area contributed by atoms with E-state index >= 15 is 0 Å². The van der Waals surface area contributed by atoms with Gasteiger partial charge in [-0.25, -0.2) is 0 Å². The van der Waals surface area contributed by atoms with Gasteiger partial charge in [-0.3, -0.25) is 4.79 Å². The smallest absolute Gasteiger partial charge is 0.253 e. The Morgan fingerprint density at radius 1 is 1.05 bits per heavy atom. The van der Waals surface area contributed by atoms with E-state index in [1.54, 1.807) is 0 Å². The van der Waals surface area contributed by atoms with E-state index in [9.17, 15) is 4.79 Å². The zero-order valence-electron chi connectivity index (χ0n) is 13.0. The number of primary amides is 1. The van der Waals surface area contributed by atoms with Gasteiger partial charge in [0.2, 0.25) is 0 Å². The normalized spacial score (nSPS) is 11.6. The number of hydrogen-bond acceptors (Lipinski definition) is 2. The van der Waals surface area contributed by atoms with E-state index in [2.05, 4.69) is 20.8 Å². The molecule has 0 aliphatic rings. The third-order valence-corrected chi connectivity index (χ3v) is 4.40. The maximum atomic E-state index is 11.9. The summed E-state index contributed by atoms with van der Waals surface area (Å²) in [6.07, 6.45) is 2.68. The summed E-state index contributed by atoms with van der Waals surface area (Å²) in [5.41, 5.74) is 5.84. The van der Waals surface area contributed by atoms with E-state index in [-0.39, 0.29) is 5.60 Å². The largest absolute Gasteiger partial charge is 0.486 e. The molecule has 0 fully saturated rings. The van der Waals surface area contributed by atoms with Crippen LogP contribution in [0.4, 0.5) is 0 Å². The molecule has 112 valence electrons. The molecule has 0 atom stereocenters. The zero-order chi connectivity index (χ0) is 15.5. The van der Waals surface area contributed by atoms with E-state index in [1.165, 1.54) is 0 Å². The molecule has 3 nitrogen and oxygen atoms in total. The van der Waals surface area contributed by atoms with Gasteiger partial charge in [-0.05, 0) is 36.1 Å². The standard InChI is InChI=1S/C18H23NO2/c1-4-18(5-2,6-3)21-15-12-11-13-9-7-8-10-14(13)16(15)17(19)20/h7-12H,4-6H2,1-3H3,(H2,19,20). The van der Waals surface area contributed by atoms with Crippen molar-refractivity contribution in [3.63, 3.8) is 0 Å². The highest BCUT2D eigenvalue weighted by Crippen LogP contribution is 2.33. The number of carbonyl (C=O) groups is 1. The van der Waals surface area contributed by atoms with Crippen LogP contribution in [0.1, 0.15) is 50.4 Å². The molecule has 0 saturated carbocycles. The van der Waals surface area contributed by atoms with Crippen molar-refractivity contribution < 1.29 is 9.53 Å². The Balaban J connectivity index is 2.58. The van der Waals surface area contributed by atoms with Gasteiger partial charge in [-0.1, -0.05) is 51.1 Å². The van der Waals surface area contributed by atoms with Crippen LogP contribution in [0.15, 0.2) is 36.4 Å². The summed E-state index contributed by atoms with van der Waals surface area (Å²) in [5.74, 6) is 0.144. The molecule has 2 aromatic rings. The van der Waals surface area contributed by atoms with Crippen molar-refractivity contribution >= 4 is 16.7 Å². The number of benzene rings is 2. The van der Waals surface area contributed by atoms with E-state index in [0.29, 0.717) is 11.3 Å². The van der Waals surface area contributed by atoms with E-state index in [1.807, 2.05) is 36.4 Å². The van der Waals surface area contributed by atoms with E-state index < -0.39 is 5.91 Å². The zero-order valence-corrected chi connectivity index (χ0v) is 13.0. The lowest BCUT2D eigenvalue weighted by Crippen LogP contribution is -2.34. The van der Waals surface area contributed by atoms with Gasteiger partial charge >= 0.3 is 0 Å². The van der Waals surface area contributed by atoms with Crippen molar-refractivity contribution in [2.24, 2.45) is 5.73 Å². The fourth-order valence-corrected chi connectivity index (χ4v) is 2.79. The second-order valence-corrected chi connectivity index (χ2v) is 5.37. The summed E-state index contributed by atoms with van der Waals surface area (Å²) >= 11 is 0. The Kier molecular flexibility index (Phi) is 4.51. The number of ether oxygens (including phenoxy) is 1. The maximum Gasteiger partial charge on any atom is 0.253 e. The van der Waals surface area contributed by atoms with Crippen LogP contribution in [0.5, 0.6) is 5.75 Å². The summed E-state index contributed by atoms with van der Waals surface area (Å²) in [6.45, 7) is 6.33. The molecule has 0 saturated heterocycles. The quantitative estimate of drug-likeness (QED) is 0.861. The minimum absolute atomic E-state index is 0.243.